The lowest BCUT2D eigenvalue weighted by molar-refractivity contribution is -0.116. The zero-order valence-corrected chi connectivity index (χ0v) is 17.5. The summed E-state index contributed by atoms with van der Waals surface area (Å²) in [6, 6.07) is 17.2. The molecular weight excluding hydrogens is 400 g/mol. The number of rotatable bonds is 6. The van der Waals surface area contributed by atoms with E-state index < -0.39 is 0 Å². The van der Waals surface area contributed by atoms with E-state index in [9.17, 15) is 4.79 Å². The van der Waals surface area contributed by atoms with Gasteiger partial charge in [0.1, 0.15) is 5.82 Å². The molecule has 0 aliphatic rings. The molecule has 0 saturated carbocycles. The summed E-state index contributed by atoms with van der Waals surface area (Å²) in [6.45, 7) is 3.91. The lowest BCUT2D eigenvalue weighted by atomic mass is 10.1. The number of aromatic nitrogens is 3. The molecule has 7 heteroatoms. The number of amides is 1. The molecule has 0 fully saturated rings. The molecule has 0 unspecified atom stereocenters. The van der Waals surface area contributed by atoms with E-state index in [4.69, 9.17) is 16.0 Å². The van der Waals surface area contributed by atoms with Gasteiger partial charge in [-0.3, -0.25) is 4.79 Å². The molecule has 0 bridgehead atoms. The highest BCUT2D eigenvalue weighted by atomic mass is 35.5. The Labute approximate surface area is 179 Å². The first-order valence-electron chi connectivity index (χ1n) is 9.62. The Balaban J connectivity index is 1.41. The average Bonchev–Trinajstić information content (AvgIpc) is 3.33. The van der Waals surface area contributed by atoms with Crippen LogP contribution >= 0.6 is 11.6 Å². The van der Waals surface area contributed by atoms with Crippen LogP contribution < -0.4 is 5.32 Å². The highest BCUT2D eigenvalue weighted by Crippen LogP contribution is 2.22. The number of aryl methyl sites for hydroxylation is 3. The summed E-state index contributed by atoms with van der Waals surface area (Å²) in [4.78, 5) is 16.8. The summed E-state index contributed by atoms with van der Waals surface area (Å²) in [5.41, 5.74) is 3.72. The van der Waals surface area contributed by atoms with Gasteiger partial charge < -0.3 is 9.73 Å². The fourth-order valence-electron chi connectivity index (χ4n) is 3.10. The summed E-state index contributed by atoms with van der Waals surface area (Å²) in [5.74, 6) is 1.67. The lowest BCUT2D eigenvalue weighted by Crippen LogP contribution is -2.15. The average molecular weight is 421 g/mol. The van der Waals surface area contributed by atoms with Crippen molar-refractivity contribution in [2.75, 3.05) is 5.32 Å². The molecule has 2 heterocycles. The van der Waals surface area contributed by atoms with E-state index in [2.05, 4.69) is 15.4 Å². The van der Waals surface area contributed by atoms with E-state index in [0.717, 1.165) is 16.9 Å². The van der Waals surface area contributed by atoms with Crippen LogP contribution in [0.25, 0.3) is 17.0 Å². The van der Waals surface area contributed by atoms with Crippen molar-refractivity contribution < 1.29 is 9.21 Å². The minimum Gasteiger partial charge on any atom is -0.441 e. The lowest BCUT2D eigenvalue weighted by Gasteiger charge is -2.09. The number of carbonyl (C=O) groups excluding carboxylic acids is 1. The first-order chi connectivity index (χ1) is 14.5. The number of hydrogen-bond acceptors (Lipinski definition) is 4. The second-order valence-electron chi connectivity index (χ2n) is 7.10. The molecule has 0 saturated heterocycles. The van der Waals surface area contributed by atoms with Crippen LogP contribution in [0.1, 0.15) is 23.6 Å². The molecule has 2 aromatic carbocycles. The maximum absolute atomic E-state index is 12.5. The monoisotopic (exact) mass is 420 g/mol. The SMILES string of the molecule is Cc1ccc(-c2cnc(CCC(=O)Nc3cc(C)nn3-c3cccc(Cl)c3)o2)cc1. The number of benzene rings is 2. The van der Waals surface area contributed by atoms with Crippen LogP contribution in [-0.2, 0) is 11.2 Å². The number of nitrogens with zero attached hydrogens (tertiary/aromatic N) is 3. The van der Waals surface area contributed by atoms with Crippen LogP contribution in [0.2, 0.25) is 5.02 Å². The molecule has 0 atom stereocenters. The molecule has 0 spiro atoms. The fourth-order valence-corrected chi connectivity index (χ4v) is 3.28. The Kier molecular flexibility index (Phi) is 5.68. The van der Waals surface area contributed by atoms with Crippen molar-refractivity contribution in [3.05, 3.63) is 83.0 Å². The second-order valence-corrected chi connectivity index (χ2v) is 7.53. The maximum Gasteiger partial charge on any atom is 0.226 e. The number of hydrogen-bond donors (Lipinski definition) is 1. The number of carbonyl (C=O) groups is 1. The molecule has 0 radical (unpaired) electrons. The summed E-state index contributed by atoms with van der Waals surface area (Å²) in [6.07, 6.45) is 2.34. The number of anilines is 1. The molecule has 1 N–H and O–H groups in total. The van der Waals surface area contributed by atoms with Crippen LogP contribution in [0.4, 0.5) is 5.82 Å². The van der Waals surface area contributed by atoms with Gasteiger partial charge in [-0.05, 0) is 32.0 Å². The highest BCUT2D eigenvalue weighted by molar-refractivity contribution is 6.30. The Morgan fingerprint density at radius 1 is 1.13 bits per heavy atom. The zero-order valence-electron chi connectivity index (χ0n) is 16.7. The Hall–Kier alpha value is -3.38. The van der Waals surface area contributed by atoms with E-state index in [1.807, 2.05) is 56.3 Å². The molecule has 152 valence electrons. The van der Waals surface area contributed by atoms with E-state index in [0.29, 0.717) is 28.9 Å². The Morgan fingerprint density at radius 2 is 1.93 bits per heavy atom. The summed E-state index contributed by atoms with van der Waals surface area (Å²) < 4.78 is 7.46. The van der Waals surface area contributed by atoms with Crippen molar-refractivity contribution in [3.63, 3.8) is 0 Å². The van der Waals surface area contributed by atoms with Gasteiger partial charge in [0.05, 0.1) is 17.6 Å². The van der Waals surface area contributed by atoms with Gasteiger partial charge in [-0.1, -0.05) is 47.5 Å². The second kappa shape index (κ2) is 8.55. The van der Waals surface area contributed by atoms with Crippen LogP contribution in [0.15, 0.2) is 65.2 Å². The first-order valence-corrected chi connectivity index (χ1v) is 10.00. The normalized spacial score (nSPS) is 10.9. The molecule has 1 amide bonds. The molecule has 6 nitrogen and oxygen atoms in total. The standard InChI is InChI=1S/C23H21ClN4O2/c1-15-6-8-17(9-7-15)20-14-25-23(30-20)11-10-22(29)26-21-12-16(2)27-28(21)19-5-3-4-18(24)13-19/h3-9,12-14H,10-11H2,1-2H3,(H,26,29). The molecule has 30 heavy (non-hydrogen) atoms. The molecule has 0 aliphatic heterocycles. The van der Waals surface area contributed by atoms with Crippen LogP contribution in [0.3, 0.4) is 0 Å². The van der Waals surface area contributed by atoms with Gasteiger partial charge in [0.25, 0.3) is 0 Å². The van der Waals surface area contributed by atoms with Gasteiger partial charge in [-0.2, -0.15) is 5.10 Å². The Bertz CT molecular complexity index is 1180. The van der Waals surface area contributed by atoms with Gasteiger partial charge in [-0.15, -0.1) is 0 Å². The Morgan fingerprint density at radius 3 is 2.70 bits per heavy atom. The number of halogens is 1. The summed E-state index contributed by atoms with van der Waals surface area (Å²) in [7, 11) is 0. The largest absolute Gasteiger partial charge is 0.441 e. The van der Waals surface area contributed by atoms with Gasteiger partial charge in [-0.25, -0.2) is 9.67 Å². The molecule has 4 aromatic rings. The van der Waals surface area contributed by atoms with E-state index >= 15 is 0 Å². The third-order valence-electron chi connectivity index (χ3n) is 4.61. The van der Waals surface area contributed by atoms with Gasteiger partial charge >= 0.3 is 0 Å². The van der Waals surface area contributed by atoms with Gasteiger partial charge in [0.15, 0.2) is 11.7 Å². The van der Waals surface area contributed by atoms with Crippen molar-refractivity contribution in [3.8, 4) is 17.0 Å². The van der Waals surface area contributed by atoms with Gasteiger partial charge in [0, 0.05) is 29.5 Å². The van der Waals surface area contributed by atoms with Crippen molar-refractivity contribution in [1.82, 2.24) is 14.8 Å². The van der Waals surface area contributed by atoms with Gasteiger partial charge in [0.2, 0.25) is 5.91 Å². The van der Waals surface area contributed by atoms with E-state index in [-0.39, 0.29) is 12.3 Å². The van der Waals surface area contributed by atoms with Crippen molar-refractivity contribution in [2.24, 2.45) is 0 Å². The predicted octanol–water partition coefficient (Wildman–Crippen LogP) is 5.37. The molecule has 0 aliphatic carbocycles. The third-order valence-corrected chi connectivity index (χ3v) is 4.84. The first kappa shape index (κ1) is 19.9. The zero-order chi connectivity index (χ0) is 21.1. The smallest absolute Gasteiger partial charge is 0.226 e. The summed E-state index contributed by atoms with van der Waals surface area (Å²) >= 11 is 6.09. The minimum atomic E-state index is -0.145. The number of nitrogens with one attached hydrogen (secondary N) is 1. The topological polar surface area (TPSA) is 73.0 Å². The minimum absolute atomic E-state index is 0.145. The van der Waals surface area contributed by atoms with Crippen molar-refractivity contribution >= 4 is 23.3 Å². The van der Waals surface area contributed by atoms with Crippen LogP contribution in [0, 0.1) is 13.8 Å². The molecule has 2 aromatic heterocycles. The van der Waals surface area contributed by atoms with Crippen molar-refractivity contribution in [2.45, 2.75) is 26.7 Å². The highest BCUT2D eigenvalue weighted by Gasteiger charge is 2.13. The van der Waals surface area contributed by atoms with Crippen molar-refractivity contribution in [1.29, 1.82) is 0 Å². The van der Waals surface area contributed by atoms with E-state index in [1.54, 1.807) is 23.0 Å². The quantitative estimate of drug-likeness (QED) is 0.455. The number of oxazole rings is 1. The third kappa shape index (κ3) is 4.60. The predicted molar refractivity (Wildman–Crippen MR) is 117 cm³/mol. The van der Waals surface area contributed by atoms with E-state index in [1.165, 1.54) is 5.56 Å². The fraction of sp³-hybridized carbons (Fsp3) is 0.174. The van der Waals surface area contributed by atoms with Crippen LogP contribution in [0.5, 0.6) is 0 Å². The van der Waals surface area contributed by atoms with Crippen LogP contribution in [-0.4, -0.2) is 20.7 Å². The maximum atomic E-state index is 12.5. The summed E-state index contributed by atoms with van der Waals surface area (Å²) in [5, 5.41) is 7.97. The molecule has 4 rings (SSSR count). The molecular formula is C23H21ClN4O2.